The van der Waals surface area contributed by atoms with Gasteiger partial charge in [0.1, 0.15) is 0 Å². The molecule has 1 fully saturated rings. The molecule has 0 amide bonds. The van der Waals surface area contributed by atoms with Crippen molar-refractivity contribution in [3.8, 4) is 28.6 Å². The molecule has 7 heteroatoms. The summed E-state index contributed by atoms with van der Waals surface area (Å²) in [5, 5.41) is 41.0. The van der Waals surface area contributed by atoms with Crippen LogP contribution < -0.4 is 5.43 Å². The Kier molecular flexibility index (Phi) is 3.50. The zero-order chi connectivity index (χ0) is 20.6. The molecule has 0 saturated heterocycles. The van der Waals surface area contributed by atoms with E-state index in [0.717, 1.165) is 0 Å². The van der Waals surface area contributed by atoms with Gasteiger partial charge < -0.3 is 24.8 Å². The molecular formula is C22H18O7. The molecule has 148 valence electrons. The highest BCUT2D eigenvalue weighted by Gasteiger charge is 2.54. The monoisotopic (exact) mass is 394 g/mol. The third-order valence-corrected chi connectivity index (χ3v) is 6.59. The Morgan fingerprint density at radius 3 is 2.45 bits per heavy atom. The Morgan fingerprint density at radius 1 is 1.00 bits per heavy atom. The van der Waals surface area contributed by atoms with E-state index >= 15 is 0 Å². The Balaban J connectivity index is 1.93. The molecule has 0 aromatic heterocycles. The number of fused-ring (bicyclic) bond motifs is 4. The van der Waals surface area contributed by atoms with Gasteiger partial charge in [0.15, 0.2) is 17.1 Å². The highest BCUT2D eigenvalue weighted by molar-refractivity contribution is 5.95. The maximum absolute atomic E-state index is 12.2. The number of aromatic hydroxyl groups is 3. The summed E-state index contributed by atoms with van der Waals surface area (Å²) < 4.78 is 5.65. The lowest BCUT2D eigenvalue weighted by Crippen LogP contribution is -2.26. The fourth-order valence-corrected chi connectivity index (χ4v) is 5.28. The van der Waals surface area contributed by atoms with Crippen molar-refractivity contribution in [2.45, 2.75) is 12.8 Å². The predicted molar refractivity (Wildman–Crippen MR) is 103 cm³/mol. The van der Waals surface area contributed by atoms with Crippen molar-refractivity contribution in [3.63, 3.8) is 0 Å². The van der Waals surface area contributed by atoms with Gasteiger partial charge in [0.05, 0.1) is 5.92 Å². The number of hydrogen-bond donors (Lipinski definition) is 4. The van der Waals surface area contributed by atoms with Crippen LogP contribution in [0.3, 0.4) is 0 Å². The molecule has 0 spiro atoms. The molecule has 5 rings (SSSR count). The van der Waals surface area contributed by atoms with Crippen LogP contribution in [0.15, 0.2) is 45.6 Å². The van der Waals surface area contributed by atoms with E-state index in [1.54, 1.807) is 6.07 Å². The van der Waals surface area contributed by atoms with Gasteiger partial charge in [-0.1, -0.05) is 19.1 Å². The molecule has 0 unspecified atom stereocenters. The van der Waals surface area contributed by atoms with Crippen LogP contribution in [0.1, 0.15) is 18.4 Å². The smallest absolute Gasteiger partial charge is 0.307 e. The quantitative estimate of drug-likeness (QED) is 0.298. The van der Waals surface area contributed by atoms with Gasteiger partial charge in [-0.3, -0.25) is 9.59 Å². The van der Waals surface area contributed by atoms with Gasteiger partial charge in [-0.15, -0.1) is 0 Å². The third-order valence-electron chi connectivity index (χ3n) is 6.59. The summed E-state index contributed by atoms with van der Waals surface area (Å²) >= 11 is 0. The van der Waals surface area contributed by atoms with Crippen LogP contribution in [-0.2, 0) is 4.79 Å². The molecule has 4 aliphatic rings. The van der Waals surface area contributed by atoms with Crippen molar-refractivity contribution in [2.75, 3.05) is 0 Å². The van der Waals surface area contributed by atoms with E-state index < -0.39 is 40.5 Å². The first-order valence-electron chi connectivity index (χ1n) is 9.35. The first-order chi connectivity index (χ1) is 13.8. The molecule has 2 bridgehead atoms. The van der Waals surface area contributed by atoms with Gasteiger partial charge in [-0.2, -0.15) is 0 Å². The lowest BCUT2D eigenvalue weighted by atomic mass is 9.75. The van der Waals surface area contributed by atoms with Crippen LogP contribution in [0.25, 0.3) is 22.3 Å². The fourth-order valence-electron chi connectivity index (χ4n) is 5.28. The lowest BCUT2D eigenvalue weighted by Gasteiger charge is -2.29. The molecular weight excluding hydrogens is 376 g/mol. The second kappa shape index (κ2) is 5.76. The van der Waals surface area contributed by atoms with Gasteiger partial charge in [-0.25, -0.2) is 0 Å². The minimum Gasteiger partial charge on any atom is -0.504 e. The van der Waals surface area contributed by atoms with Crippen LogP contribution in [0.4, 0.5) is 0 Å². The first-order valence-corrected chi connectivity index (χ1v) is 9.35. The molecule has 1 aromatic carbocycles. The zero-order valence-corrected chi connectivity index (χ0v) is 15.4. The largest absolute Gasteiger partial charge is 0.504 e. The number of phenolic OH excluding ortho intramolecular Hbond substituents is 3. The molecule has 5 atom stereocenters. The lowest BCUT2D eigenvalue weighted by molar-refractivity contribution is -0.143. The molecule has 1 aliphatic heterocycles. The van der Waals surface area contributed by atoms with Crippen LogP contribution in [0, 0.1) is 23.7 Å². The number of rotatable bonds is 2. The summed E-state index contributed by atoms with van der Waals surface area (Å²) in [6, 6.07) is 5.60. The standard InChI is InChI=1S/C22H18O7/c1-8-9-2-3-10(8)17(22(27)28)16(9)15-11-4-6-13(23)18(25)20(11)29-21-12(15)5-7-14(24)19(21)26/h2-10,16-17,23,25-26H,1H3,(H,27,28)/t8-,9-,10+,16+,17+/m1/s1. The Morgan fingerprint density at radius 2 is 1.72 bits per heavy atom. The topological polar surface area (TPSA) is 128 Å². The highest BCUT2D eigenvalue weighted by atomic mass is 16.4. The highest BCUT2D eigenvalue weighted by Crippen LogP contribution is 2.59. The van der Waals surface area contributed by atoms with E-state index in [0.29, 0.717) is 16.5 Å². The summed E-state index contributed by atoms with van der Waals surface area (Å²) in [6.45, 7) is 2.01. The van der Waals surface area contributed by atoms with E-state index in [1.165, 1.54) is 18.2 Å². The second-order valence-corrected chi connectivity index (χ2v) is 7.90. The van der Waals surface area contributed by atoms with E-state index in [4.69, 9.17) is 4.42 Å². The van der Waals surface area contributed by atoms with E-state index in [2.05, 4.69) is 0 Å². The number of benzene rings is 2. The van der Waals surface area contributed by atoms with E-state index in [9.17, 15) is 30.0 Å². The van der Waals surface area contributed by atoms with Crippen LogP contribution in [-0.4, -0.2) is 26.4 Å². The van der Waals surface area contributed by atoms with Crippen molar-refractivity contribution in [1.82, 2.24) is 0 Å². The summed E-state index contributed by atoms with van der Waals surface area (Å²) in [4.78, 5) is 24.2. The third kappa shape index (κ3) is 2.18. The Bertz CT molecular complexity index is 1240. The normalized spacial score (nSPS) is 27.8. The molecule has 7 nitrogen and oxygen atoms in total. The number of carboxylic acid groups (broad SMARTS) is 1. The number of aliphatic carboxylic acids is 1. The molecule has 1 aromatic rings. The SMILES string of the molecule is C[C@@H]1[C@H]2C=C[C@@H]1[C@H](C(=O)O)[C@@H]2c1c2ccc(=O)c(O)c-2oc2c(O)c(O)ccc12. The second-order valence-electron chi connectivity index (χ2n) is 7.90. The average Bonchev–Trinajstić information content (AvgIpc) is 3.19. The van der Waals surface area contributed by atoms with E-state index in [-0.39, 0.29) is 29.1 Å². The van der Waals surface area contributed by atoms with Gasteiger partial charge >= 0.3 is 5.97 Å². The van der Waals surface area contributed by atoms with Crippen molar-refractivity contribution in [2.24, 2.45) is 23.7 Å². The van der Waals surface area contributed by atoms with Crippen molar-refractivity contribution in [1.29, 1.82) is 0 Å². The Hall–Kier alpha value is -3.48. The van der Waals surface area contributed by atoms with Gasteiger partial charge in [0.2, 0.25) is 16.9 Å². The maximum Gasteiger partial charge on any atom is 0.307 e. The molecule has 4 N–H and O–H groups in total. The van der Waals surface area contributed by atoms with Crippen LogP contribution in [0.2, 0.25) is 0 Å². The average molecular weight is 394 g/mol. The van der Waals surface area contributed by atoms with Gasteiger partial charge in [-0.05, 0) is 47.6 Å². The first kappa shape index (κ1) is 17.6. The molecule has 3 aliphatic carbocycles. The summed E-state index contributed by atoms with van der Waals surface area (Å²) in [5.41, 5.74) is 0.256. The van der Waals surface area contributed by atoms with Crippen molar-refractivity contribution >= 4 is 16.9 Å². The van der Waals surface area contributed by atoms with Gasteiger partial charge in [0.25, 0.3) is 0 Å². The minimum absolute atomic E-state index is 0.0556. The summed E-state index contributed by atoms with van der Waals surface area (Å²) in [5.74, 6) is -3.84. The van der Waals surface area contributed by atoms with Crippen LogP contribution >= 0.6 is 0 Å². The Labute approximate surface area is 164 Å². The number of hydrogen-bond acceptors (Lipinski definition) is 6. The minimum atomic E-state index is -0.923. The fraction of sp³-hybridized carbons (Fsp3) is 0.273. The molecule has 0 radical (unpaired) electrons. The number of carboxylic acids is 1. The molecule has 1 heterocycles. The van der Waals surface area contributed by atoms with Crippen LogP contribution in [0.5, 0.6) is 17.2 Å². The van der Waals surface area contributed by atoms with Gasteiger partial charge in [0, 0.05) is 16.9 Å². The number of phenols is 3. The molecule has 29 heavy (non-hydrogen) atoms. The van der Waals surface area contributed by atoms with E-state index in [1.807, 2.05) is 19.1 Å². The maximum atomic E-state index is 12.2. The van der Waals surface area contributed by atoms with Crippen molar-refractivity contribution in [3.05, 3.63) is 52.2 Å². The van der Waals surface area contributed by atoms with Crippen molar-refractivity contribution < 1.29 is 29.6 Å². The summed E-state index contributed by atoms with van der Waals surface area (Å²) in [7, 11) is 0. The zero-order valence-electron chi connectivity index (χ0n) is 15.4. The predicted octanol–water partition coefficient (Wildman–Crippen LogP) is 3.25. The summed E-state index contributed by atoms with van der Waals surface area (Å²) in [6.07, 6.45) is 3.96. The number of carbonyl (C=O) groups is 1. The number of allylic oxidation sites excluding steroid dienone is 2. The molecule has 1 saturated carbocycles.